The fraction of sp³-hybridized carbons (Fsp3) is 1.00. The van der Waals surface area contributed by atoms with Crippen LogP contribution in [0.1, 0.15) is 19.3 Å². The molecule has 0 aliphatic carbocycles. The largest absolute Gasteiger partial charge is 0.394 e. The molecule has 0 aromatic carbocycles. The molecule has 13 heavy (non-hydrogen) atoms. The highest BCUT2D eigenvalue weighted by Crippen LogP contribution is 1.97. The first-order valence-corrected chi connectivity index (χ1v) is 4.88. The highest BCUT2D eigenvalue weighted by molar-refractivity contribution is 4.59. The zero-order valence-electron chi connectivity index (χ0n) is 8.45. The first kappa shape index (κ1) is 12.8. The van der Waals surface area contributed by atoms with Gasteiger partial charge in [0.15, 0.2) is 0 Å². The molecule has 4 N–H and O–H groups in total. The molecule has 1 atom stereocenters. The van der Waals surface area contributed by atoms with Gasteiger partial charge in [-0.25, -0.2) is 0 Å². The molecule has 0 bridgehead atoms. The van der Waals surface area contributed by atoms with Crippen molar-refractivity contribution in [2.24, 2.45) is 5.73 Å². The average Bonchev–Trinajstić information content (AvgIpc) is 2.12. The van der Waals surface area contributed by atoms with Gasteiger partial charge in [-0.3, -0.25) is 0 Å². The molecular formula is C9H22N2O2. The van der Waals surface area contributed by atoms with Crippen molar-refractivity contribution < 1.29 is 10.2 Å². The van der Waals surface area contributed by atoms with Crippen molar-refractivity contribution in [2.75, 3.05) is 33.3 Å². The maximum absolute atomic E-state index is 9.12. The first-order chi connectivity index (χ1) is 6.20. The van der Waals surface area contributed by atoms with Gasteiger partial charge in [0.25, 0.3) is 0 Å². The summed E-state index contributed by atoms with van der Waals surface area (Å²) in [6.07, 6.45) is 2.69. The molecule has 4 heteroatoms. The normalized spacial score (nSPS) is 13.6. The minimum absolute atomic E-state index is 0.160. The minimum Gasteiger partial charge on any atom is -0.394 e. The van der Waals surface area contributed by atoms with E-state index >= 15 is 0 Å². The summed E-state index contributed by atoms with van der Waals surface area (Å²) < 4.78 is 0. The van der Waals surface area contributed by atoms with Crippen LogP contribution in [0.3, 0.4) is 0 Å². The second-order valence-electron chi connectivity index (χ2n) is 3.45. The van der Waals surface area contributed by atoms with E-state index in [-0.39, 0.29) is 6.61 Å². The molecule has 0 saturated carbocycles. The maximum atomic E-state index is 9.12. The molecule has 0 saturated heterocycles. The molecule has 0 rings (SSSR count). The molecule has 0 spiro atoms. The minimum atomic E-state index is -0.612. The van der Waals surface area contributed by atoms with E-state index in [0.717, 1.165) is 32.4 Å². The Balaban J connectivity index is 3.24. The first-order valence-electron chi connectivity index (χ1n) is 4.88. The van der Waals surface area contributed by atoms with Gasteiger partial charge in [0, 0.05) is 6.54 Å². The average molecular weight is 190 g/mol. The van der Waals surface area contributed by atoms with Gasteiger partial charge in [0.05, 0.1) is 12.7 Å². The smallest absolute Gasteiger partial charge is 0.0897 e. The summed E-state index contributed by atoms with van der Waals surface area (Å²) >= 11 is 0. The summed E-state index contributed by atoms with van der Waals surface area (Å²) in [5, 5.41) is 17.7. The van der Waals surface area contributed by atoms with Gasteiger partial charge in [-0.1, -0.05) is 6.42 Å². The standard InChI is InChI=1S/C9H22N2O2/c1-11(7-9(13)8-12)6-4-2-3-5-10/h9,12-13H,2-8,10H2,1H3. The Morgan fingerprint density at radius 3 is 2.54 bits per heavy atom. The fourth-order valence-electron chi connectivity index (χ4n) is 1.21. The van der Waals surface area contributed by atoms with E-state index in [0.29, 0.717) is 6.54 Å². The van der Waals surface area contributed by atoms with Crippen LogP contribution >= 0.6 is 0 Å². The van der Waals surface area contributed by atoms with E-state index in [1.165, 1.54) is 0 Å². The second kappa shape index (κ2) is 8.44. The summed E-state index contributed by atoms with van der Waals surface area (Å²) in [5.41, 5.74) is 5.36. The van der Waals surface area contributed by atoms with E-state index in [4.69, 9.17) is 15.9 Å². The summed E-state index contributed by atoms with van der Waals surface area (Å²) in [5.74, 6) is 0. The summed E-state index contributed by atoms with van der Waals surface area (Å²) in [7, 11) is 1.95. The van der Waals surface area contributed by atoms with Crippen molar-refractivity contribution in [3.05, 3.63) is 0 Å². The zero-order chi connectivity index (χ0) is 10.1. The van der Waals surface area contributed by atoms with Crippen molar-refractivity contribution in [1.82, 2.24) is 4.90 Å². The highest BCUT2D eigenvalue weighted by Gasteiger charge is 2.05. The third-order valence-corrected chi connectivity index (χ3v) is 1.98. The van der Waals surface area contributed by atoms with Crippen LogP contribution in [0, 0.1) is 0 Å². The zero-order valence-corrected chi connectivity index (χ0v) is 8.45. The molecule has 0 radical (unpaired) electrons. The van der Waals surface area contributed by atoms with Gasteiger partial charge in [-0.2, -0.15) is 0 Å². The Morgan fingerprint density at radius 2 is 2.00 bits per heavy atom. The Bertz CT molecular complexity index is 112. The number of likely N-dealkylation sites (N-methyl/N-ethyl adjacent to an activating group) is 1. The number of aliphatic hydroxyl groups is 2. The molecule has 0 aromatic rings. The van der Waals surface area contributed by atoms with Crippen LogP contribution in [0.4, 0.5) is 0 Å². The predicted molar refractivity (Wildman–Crippen MR) is 53.5 cm³/mol. The molecule has 0 aromatic heterocycles. The van der Waals surface area contributed by atoms with Gasteiger partial charge < -0.3 is 20.8 Å². The Kier molecular flexibility index (Phi) is 8.33. The van der Waals surface area contributed by atoms with Gasteiger partial charge in [0.2, 0.25) is 0 Å². The van der Waals surface area contributed by atoms with Gasteiger partial charge in [-0.15, -0.1) is 0 Å². The molecule has 1 unspecified atom stereocenters. The molecule has 4 nitrogen and oxygen atoms in total. The number of hydrogen-bond acceptors (Lipinski definition) is 4. The Hall–Kier alpha value is -0.160. The third-order valence-electron chi connectivity index (χ3n) is 1.98. The molecule has 0 aliphatic rings. The van der Waals surface area contributed by atoms with E-state index in [1.54, 1.807) is 0 Å². The molecule has 0 heterocycles. The van der Waals surface area contributed by atoms with E-state index in [9.17, 15) is 0 Å². The van der Waals surface area contributed by atoms with Gasteiger partial charge >= 0.3 is 0 Å². The number of nitrogens with zero attached hydrogens (tertiary/aromatic N) is 1. The lowest BCUT2D eigenvalue weighted by atomic mass is 10.2. The lowest BCUT2D eigenvalue weighted by Crippen LogP contribution is -2.32. The van der Waals surface area contributed by atoms with Gasteiger partial charge in [0.1, 0.15) is 0 Å². The van der Waals surface area contributed by atoms with Crippen LogP contribution in [0.15, 0.2) is 0 Å². The SMILES string of the molecule is CN(CCCCCN)CC(O)CO. The fourth-order valence-corrected chi connectivity index (χ4v) is 1.21. The number of aliphatic hydroxyl groups excluding tert-OH is 2. The summed E-state index contributed by atoms with van der Waals surface area (Å²) in [4.78, 5) is 2.03. The lowest BCUT2D eigenvalue weighted by Gasteiger charge is -2.18. The summed E-state index contributed by atoms with van der Waals surface area (Å²) in [6, 6.07) is 0. The van der Waals surface area contributed by atoms with Crippen LogP contribution in [-0.4, -0.2) is 54.5 Å². The molecule has 0 fully saturated rings. The lowest BCUT2D eigenvalue weighted by molar-refractivity contribution is 0.0662. The Labute approximate surface area is 80.3 Å². The van der Waals surface area contributed by atoms with Crippen molar-refractivity contribution in [3.63, 3.8) is 0 Å². The summed E-state index contributed by atoms with van der Waals surface area (Å²) in [6.45, 7) is 2.09. The quantitative estimate of drug-likeness (QED) is 0.447. The van der Waals surface area contributed by atoms with Crippen molar-refractivity contribution in [2.45, 2.75) is 25.4 Å². The number of unbranched alkanes of at least 4 members (excludes halogenated alkanes) is 2. The Morgan fingerprint density at radius 1 is 1.31 bits per heavy atom. The van der Waals surface area contributed by atoms with Crippen LogP contribution < -0.4 is 5.73 Å². The second-order valence-corrected chi connectivity index (χ2v) is 3.45. The molecule has 0 amide bonds. The van der Waals surface area contributed by atoms with E-state index in [1.807, 2.05) is 11.9 Å². The molecule has 0 aliphatic heterocycles. The molecular weight excluding hydrogens is 168 g/mol. The maximum Gasteiger partial charge on any atom is 0.0897 e. The van der Waals surface area contributed by atoms with Gasteiger partial charge in [-0.05, 0) is 33.0 Å². The number of nitrogens with two attached hydrogens (primary N) is 1. The van der Waals surface area contributed by atoms with Crippen molar-refractivity contribution >= 4 is 0 Å². The number of rotatable bonds is 8. The van der Waals surface area contributed by atoms with E-state index in [2.05, 4.69) is 0 Å². The highest BCUT2D eigenvalue weighted by atomic mass is 16.3. The van der Waals surface area contributed by atoms with Crippen LogP contribution in [-0.2, 0) is 0 Å². The third kappa shape index (κ3) is 8.18. The predicted octanol–water partition coefficient (Wildman–Crippen LogP) is -0.600. The van der Waals surface area contributed by atoms with Crippen LogP contribution in [0.5, 0.6) is 0 Å². The van der Waals surface area contributed by atoms with Crippen molar-refractivity contribution in [1.29, 1.82) is 0 Å². The van der Waals surface area contributed by atoms with E-state index < -0.39 is 6.10 Å². The topological polar surface area (TPSA) is 69.7 Å². The molecule has 80 valence electrons. The number of hydrogen-bond donors (Lipinski definition) is 3. The monoisotopic (exact) mass is 190 g/mol. The van der Waals surface area contributed by atoms with Crippen molar-refractivity contribution in [3.8, 4) is 0 Å². The van der Waals surface area contributed by atoms with Crippen LogP contribution in [0.2, 0.25) is 0 Å². The van der Waals surface area contributed by atoms with Crippen LogP contribution in [0.25, 0.3) is 0 Å².